The molecule has 0 saturated carbocycles. The Bertz CT molecular complexity index is 1090. The number of methoxy groups -OCH3 is 1. The van der Waals surface area contributed by atoms with Crippen LogP contribution in [0.1, 0.15) is 18.4 Å². The highest BCUT2D eigenvalue weighted by atomic mass is 16.5. The van der Waals surface area contributed by atoms with Crippen LogP contribution in [0.3, 0.4) is 0 Å². The van der Waals surface area contributed by atoms with Gasteiger partial charge in [-0.1, -0.05) is 24.3 Å². The number of rotatable bonds is 5. The first-order valence-corrected chi connectivity index (χ1v) is 10.2. The first-order chi connectivity index (χ1) is 14.6. The zero-order chi connectivity index (χ0) is 21.1. The molecule has 1 aliphatic heterocycles. The largest absolute Gasteiger partial charge is 0.464 e. The van der Waals surface area contributed by atoms with Crippen LogP contribution in [0.4, 0.5) is 11.4 Å². The maximum absolute atomic E-state index is 12.5. The number of nitrogens with zero attached hydrogens (tertiary/aromatic N) is 4. The van der Waals surface area contributed by atoms with Crippen molar-refractivity contribution < 1.29 is 14.1 Å². The highest BCUT2D eigenvalue weighted by molar-refractivity contribution is 6.43. The van der Waals surface area contributed by atoms with Crippen molar-refractivity contribution >= 4 is 33.8 Å². The van der Waals surface area contributed by atoms with Crippen LogP contribution in [-0.2, 0) is 16.6 Å². The van der Waals surface area contributed by atoms with Crippen molar-refractivity contribution in [3.63, 3.8) is 0 Å². The maximum atomic E-state index is 12.5. The Balaban J connectivity index is 1.78. The van der Waals surface area contributed by atoms with E-state index in [-0.39, 0.29) is 5.71 Å². The van der Waals surface area contributed by atoms with Gasteiger partial charge in [-0.25, -0.2) is 9.36 Å². The predicted octanol–water partition coefficient (Wildman–Crippen LogP) is 3.28. The lowest BCUT2D eigenvalue weighted by Crippen LogP contribution is -2.28. The summed E-state index contributed by atoms with van der Waals surface area (Å²) in [6, 6.07) is 16.3. The van der Waals surface area contributed by atoms with Gasteiger partial charge < -0.3 is 9.64 Å². The van der Waals surface area contributed by atoms with E-state index in [0.29, 0.717) is 5.56 Å². The van der Waals surface area contributed by atoms with E-state index in [4.69, 9.17) is 4.74 Å². The number of hydrazone groups is 1. The van der Waals surface area contributed by atoms with Crippen LogP contribution in [0.2, 0.25) is 0 Å². The number of fused-ring (bicyclic) bond motifs is 1. The molecule has 0 radical (unpaired) electrons. The number of carbonyl (C=O) groups is 1. The lowest BCUT2D eigenvalue weighted by Gasteiger charge is -2.23. The van der Waals surface area contributed by atoms with Gasteiger partial charge in [-0.2, -0.15) is 5.10 Å². The third kappa shape index (κ3) is 3.85. The molecule has 0 unspecified atom stereocenters. The number of hydrogen-bond donors (Lipinski definition) is 0. The van der Waals surface area contributed by atoms with Gasteiger partial charge in [0.05, 0.1) is 12.8 Å². The molecule has 1 fully saturated rings. The molecule has 1 saturated heterocycles. The Hall–Kier alpha value is -3.41. The summed E-state index contributed by atoms with van der Waals surface area (Å²) in [5, 5.41) is 8.71. The number of aromatic nitrogens is 1. The van der Waals surface area contributed by atoms with E-state index >= 15 is 0 Å². The minimum absolute atomic E-state index is 0.272. The molecule has 0 bridgehead atoms. The summed E-state index contributed by atoms with van der Waals surface area (Å²) in [4.78, 5) is 14.9. The van der Waals surface area contributed by atoms with Crippen LogP contribution in [0.25, 0.3) is 10.8 Å². The second-order valence-electron chi connectivity index (χ2n) is 7.56. The van der Waals surface area contributed by atoms with E-state index in [1.54, 1.807) is 5.01 Å². The Labute approximate surface area is 177 Å². The van der Waals surface area contributed by atoms with Crippen molar-refractivity contribution in [1.82, 2.24) is 0 Å². The standard InChI is InChI=1S/C24H27N4O2/c1-26-16-12-18(13-17-26)23(24(29)30-3)25-27(2)21-10-11-22(28-14-6-7-15-28)20-9-5-4-8-19(20)21/h4-5,8-13,16-17H,6-7,14-15H2,1-3H3/q+1. The van der Waals surface area contributed by atoms with Crippen LogP contribution < -0.4 is 14.5 Å². The quantitative estimate of drug-likeness (QED) is 0.284. The molecule has 30 heavy (non-hydrogen) atoms. The van der Waals surface area contributed by atoms with Gasteiger partial charge in [0.1, 0.15) is 7.05 Å². The van der Waals surface area contributed by atoms with Gasteiger partial charge in [0, 0.05) is 54.3 Å². The molecule has 0 amide bonds. The summed E-state index contributed by atoms with van der Waals surface area (Å²) in [6.45, 7) is 2.19. The molecule has 3 aromatic rings. The Morgan fingerprint density at radius 1 is 1.03 bits per heavy atom. The Morgan fingerprint density at radius 3 is 2.37 bits per heavy atom. The summed E-state index contributed by atoms with van der Waals surface area (Å²) in [7, 11) is 5.17. The molecule has 0 N–H and O–H groups in total. The van der Waals surface area contributed by atoms with Crippen molar-refractivity contribution in [3.8, 4) is 0 Å². The fourth-order valence-electron chi connectivity index (χ4n) is 3.96. The Morgan fingerprint density at radius 2 is 1.70 bits per heavy atom. The third-order valence-electron chi connectivity index (χ3n) is 5.55. The van der Waals surface area contributed by atoms with E-state index in [1.165, 1.54) is 31.0 Å². The van der Waals surface area contributed by atoms with Gasteiger partial charge in [0.2, 0.25) is 0 Å². The van der Waals surface area contributed by atoms with Gasteiger partial charge in [-0.15, -0.1) is 0 Å². The van der Waals surface area contributed by atoms with Gasteiger partial charge in [-0.05, 0) is 25.0 Å². The van der Waals surface area contributed by atoms with Crippen molar-refractivity contribution in [1.29, 1.82) is 0 Å². The molecule has 0 spiro atoms. The summed E-state index contributed by atoms with van der Waals surface area (Å²) in [6.07, 6.45) is 6.23. The van der Waals surface area contributed by atoms with E-state index in [2.05, 4.69) is 40.3 Å². The second kappa shape index (κ2) is 8.53. The molecule has 4 rings (SSSR count). The molecule has 1 aromatic heterocycles. The minimum atomic E-state index is -0.464. The first-order valence-electron chi connectivity index (χ1n) is 10.2. The van der Waals surface area contributed by atoms with E-state index in [1.807, 2.05) is 49.3 Å². The summed E-state index contributed by atoms with van der Waals surface area (Å²) in [5.41, 5.74) is 3.18. The summed E-state index contributed by atoms with van der Waals surface area (Å²) >= 11 is 0. The van der Waals surface area contributed by atoms with Crippen LogP contribution >= 0.6 is 0 Å². The number of ether oxygens (including phenoxy) is 1. The molecular weight excluding hydrogens is 376 g/mol. The van der Waals surface area contributed by atoms with Crippen LogP contribution in [0.15, 0.2) is 66.0 Å². The monoisotopic (exact) mass is 403 g/mol. The SMILES string of the molecule is COC(=O)/C(=N\N(C)c1ccc(N2CCCC2)c2ccccc12)c1cc[n+](C)cc1. The number of esters is 1. The summed E-state index contributed by atoms with van der Waals surface area (Å²) < 4.78 is 6.91. The molecular formula is C24H27N4O2+. The zero-order valence-corrected chi connectivity index (χ0v) is 17.7. The lowest BCUT2D eigenvalue weighted by molar-refractivity contribution is -0.671. The predicted molar refractivity (Wildman–Crippen MR) is 120 cm³/mol. The average Bonchev–Trinajstić information content (AvgIpc) is 3.31. The molecule has 0 aliphatic carbocycles. The summed E-state index contributed by atoms with van der Waals surface area (Å²) in [5.74, 6) is -0.464. The first kappa shape index (κ1) is 19.9. The number of pyridine rings is 1. The fraction of sp³-hybridized carbons (Fsp3) is 0.292. The van der Waals surface area contributed by atoms with Gasteiger partial charge in [0.25, 0.3) is 0 Å². The second-order valence-corrected chi connectivity index (χ2v) is 7.56. The molecule has 154 valence electrons. The number of anilines is 2. The topological polar surface area (TPSA) is 49.0 Å². The average molecular weight is 404 g/mol. The minimum Gasteiger partial charge on any atom is -0.464 e. The highest BCUT2D eigenvalue weighted by Crippen LogP contribution is 2.35. The number of carbonyl (C=O) groups excluding carboxylic acids is 1. The number of hydrogen-bond acceptors (Lipinski definition) is 5. The molecule has 6 heteroatoms. The normalized spacial score (nSPS) is 14.2. The zero-order valence-electron chi connectivity index (χ0n) is 17.7. The van der Waals surface area contributed by atoms with Gasteiger partial charge in [-0.3, -0.25) is 5.01 Å². The van der Waals surface area contributed by atoms with Crippen molar-refractivity contribution in [2.75, 3.05) is 37.2 Å². The molecule has 1 aliphatic rings. The molecule has 2 aromatic carbocycles. The van der Waals surface area contributed by atoms with Gasteiger partial charge >= 0.3 is 5.97 Å². The van der Waals surface area contributed by atoms with E-state index in [0.717, 1.165) is 24.2 Å². The smallest absolute Gasteiger partial charge is 0.359 e. The maximum Gasteiger partial charge on any atom is 0.359 e. The number of aryl methyl sites for hydroxylation is 1. The lowest BCUT2D eigenvalue weighted by atomic mass is 10.1. The van der Waals surface area contributed by atoms with Crippen LogP contribution in [0, 0.1) is 0 Å². The number of benzene rings is 2. The van der Waals surface area contributed by atoms with Crippen LogP contribution in [0.5, 0.6) is 0 Å². The van der Waals surface area contributed by atoms with Crippen molar-refractivity contribution in [2.45, 2.75) is 12.8 Å². The third-order valence-corrected chi connectivity index (χ3v) is 5.55. The molecule has 2 heterocycles. The molecule has 0 atom stereocenters. The molecule has 6 nitrogen and oxygen atoms in total. The Kier molecular flexibility index (Phi) is 5.65. The fourth-order valence-corrected chi connectivity index (χ4v) is 3.96. The van der Waals surface area contributed by atoms with Crippen molar-refractivity contribution in [2.24, 2.45) is 12.1 Å². The van der Waals surface area contributed by atoms with Crippen molar-refractivity contribution in [3.05, 3.63) is 66.5 Å². The highest BCUT2D eigenvalue weighted by Gasteiger charge is 2.20. The van der Waals surface area contributed by atoms with E-state index < -0.39 is 5.97 Å². The van der Waals surface area contributed by atoms with Gasteiger partial charge in [0.15, 0.2) is 18.1 Å². The van der Waals surface area contributed by atoms with Crippen LogP contribution in [-0.4, -0.2) is 38.9 Å². The van der Waals surface area contributed by atoms with E-state index in [9.17, 15) is 4.79 Å².